The molecule has 0 N–H and O–H groups in total. The van der Waals surface area contributed by atoms with E-state index in [1.165, 1.54) is 0 Å². The Kier molecular flexibility index (Phi) is 5.22. The molecule has 3 heterocycles. The first-order valence-corrected chi connectivity index (χ1v) is 8.62. The van der Waals surface area contributed by atoms with Crippen LogP contribution in [0.15, 0.2) is 12.4 Å². The number of hydrogen-bond donors (Lipinski definition) is 0. The number of ether oxygens (including phenoxy) is 2. The molecule has 1 amide bonds. The lowest BCUT2D eigenvalue weighted by Crippen LogP contribution is -2.47. The Morgan fingerprint density at radius 1 is 1.54 bits per heavy atom. The number of amides is 1. The topological polar surface area (TPSA) is 59.8 Å². The van der Waals surface area contributed by atoms with Gasteiger partial charge >= 0.3 is 0 Å². The molecule has 2 fully saturated rings. The van der Waals surface area contributed by atoms with Crippen molar-refractivity contribution in [2.24, 2.45) is 7.05 Å². The predicted octanol–water partition coefficient (Wildman–Crippen LogP) is 0.648. The number of piperidine rings is 1. The highest BCUT2D eigenvalue weighted by Gasteiger charge is 2.44. The zero-order chi connectivity index (χ0) is 17.2. The Balaban J connectivity index is 1.52. The van der Waals surface area contributed by atoms with Crippen molar-refractivity contribution in [1.29, 1.82) is 0 Å². The van der Waals surface area contributed by atoms with Gasteiger partial charge in [-0.15, -0.1) is 0 Å². The first kappa shape index (κ1) is 17.4. The minimum atomic E-state index is -0.130. The number of aromatic nitrogens is 2. The molecule has 2 atom stereocenters. The molecule has 1 spiro atoms. The molecule has 24 heavy (non-hydrogen) atoms. The van der Waals surface area contributed by atoms with Crippen LogP contribution in [0.3, 0.4) is 0 Å². The number of carbonyl (C=O) groups excluding carboxylic acids is 1. The van der Waals surface area contributed by atoms with Gasteiger partial charge in [-0.25, -0.2) is 4.98 Å². The van der Waals surface area contributed by atoms with Crippen molar-refractivity contribution in [3.63, 3.8) is 0 Å². The highest BCUT2D eigenvalue weighted by Crippen LogP contribution is 2.36. The van der Waals surface area contributed by atoms with E-state index in [0.29, 0.717) is 6.61 Å². The van der Waals surface area contributed by atoms with Gasteiger partial charge in [-0.05, 0) is 19.4 Å². The quantitative estimate of drug-likeness (QED) is 0.790. The van der Waals surface area contributed by atoms with E-state index in [-0.39, 0.29) is 24.2 Å². The van der Waals surface area contributed by atoms with Gasteiger partial charge in [-0.1, -0.05) is 0 Å². The number of nitrogens with zero attached hydrogens (tertiary/aromatic N) is 4. The van der Waals surface area contributed by atoms with E-state index >= 15 is 0 Å². The van der Waals surface area contributed by atoms with Crippen LogP contribution in [0.25, 0.3) is 0 Å². The Morgan fingerprint density at radius 2 is 2.38 bits per heavy atom. The second-order valence-electron chi connectivity index (χ2n) is 7.19. The van der Waals surface area contributed by atoms with E-state index in [1.807, 2.05) is 19.4 Å². The molecule has 0 bridgehead atoms. The zero-order valence-electron chi connectivity index (χ0n) is 14.9. The minimum absolute atomic E-state index is 0.00370. The molecule has 2 saturated heterocycles. The maximum absolute atomic E-state index is 11.7. The predicted molar refractivity (Wildman–Crippen MR) is 89.5 cm³/mol. The monoisotopic (exact) mass is 336 g/mol. The van der Waals surface area contributed by atoms with Gasteiger partial charge in [0.15, 0.2) is 0 Å². The van der Waals surface area contributed by atoms with Crippen LogP contribution in [0.1, 0.15) is 25.1 Å². The van der Waals surface area contributed by atoms with Crippen LogP contribution in [0.4, 0.5) is 0 Å². The number of rotatable bonds is 5. The van der Waals surface area contributed by atoms with E-state index < -0.39 is 0 Å². The van der Waals surface area contributed by atoms with Gasteiger partial charge in [0.25, 0.3) is 0 Å². The Hall–Kier alpha value is -1.44. The summed E-state index contributed by atoms with van der Waals surface area (Å²) in [6, 6.07) is 0. The van der Waals surface area contributed by atoms with E-state index in [4.69, 9.17) is 9.47 Å². The first-order chi connectivity index (χ1) is 11.5. The smallest absolute Gasteiger partial charge is 0.248 e. The van der Waals surface area contributed by atoms with Crippen molar-refractivity contribution in [3.05, 3.63) is 18.2 Å². The van der Waals surface area contributed by atoms with Crippen LogP contribution in [0.2, 0.25) is 0 Å². The van der Waals surface area contributed by atoms with Crippen molar-refractivity contribution >= 4 is 5.91 Å². The summed E-state index contributed by atoms with van der Waals surface area (Å²) in [6.45, 7) is 3.54. The van der Waals surface area contributed by atoms with Gasteiger partial charge in [0, 0.05) is 46.5 Å². The normalized spacial score (nSPS) is 27.7. The molecule has 0 aliphatic carbocycles. The maximum Gasteiger partial charge on any atom is 0.248 e. The highest BCUT2D eigenvalue weighted by molar-refractivity contribution is 5.76. The largest absolute Gasteiger partial charge is 0.371 e. The maximum atomic E-state index is 11.7. The van der Waals surface area contributed by atoms with E-state index in [2.05, 4.69) is 14.5 Å². The number of hydrogen-bond acceptors (Lipinski definition) is 5. The fourth-order valence-electron chi connectivity index (χ4n) is 3.59. The highest BCUT2D eigenvalue weighted by atomic mass is 16.6. The Labute approximate surface area is 143 Å². The van der Waals surface area contributed by atoms with Crippen molar-refractivity contribution < 1.29 is 14.3 Å². The van der Waals surface area contributed by atoms with Crippen molar-refractivity contribution in [2.75, 3.05) is 40.4 Å². The van der Waals surface area contributed by atoms with Gasteiger partial charge in [0.1, 0.15) is 12.4 Å². The molecular formula is C17H28N4O3. The SMILES string of the molecule is CN(C)C(=O)CO[C@@H]1CO[C@@]2(CCCN(Cc3nccn3C)C2)C1. The Bertz CT molecular complexity index is 574. The minimum Gasteiger partial charge on any atom is -0.371 e. The van der Waals surface area contributed by atoms with Gasteiger partial charge < -0.3 is 18.9 Å². The molecule has 0 unspecified atom stereocenters. The summed E-state index contributed by atoms with van der Waals surface area (Å²) < 4.78 is 14.0. The van der Waals surface area contributed by atoms with Crippen LogP contribution in [-0.2, 0) is 27.9 Å². The number of carbonyl (C=O) groups is 1. The molecule has 7 nitrogen and oxygen atoms in total. The summed E-state index contributed by atoms with van der Waals surface area (Å²) in [5.74, 6) is 1.07. The molecule has 2 aliphatic heterocycles. The molecule has 7 heteroatoms. The number of imidazole rings is 1. The molecule has 134 valence electrons. The standard InChI is InChI=1S/C17H28N4O3/c1-19(2)16(22)12-23-14-9-17(24-11-14)5-4-7-21(13-17)10-15-18-6-8-20(15)3/h6,8,14H,4-5,7,9-13H2,1-3H3/t14-,17-/m0/s1. The summed E-state index contributed by atoms with van der Waals surface area (Å²) in [4.78, 5) is 20.1. The average Bonchev–Trinajstić information content (AvgIpc) is 3.12. The summed E-state index contributed by atoms with van der Waals surface area (Å²) in [5, 5.41) is 0. The van der Waals surface area contributed by atoms with E-state index in [1.54, 1.807) is 19.0 Å². The molecule has 2 aliphatic rings. The molecule has 0 radical (unpaired) electrons. The summed E-state index contributed by atoms with van der Waals surface area (Å²) in [7, 11) is 5.52. The fourth-order valence-corrected chi connectivity index (χ4v) is 3.59. The molecule has 1 aromatic heterocycles. The van der Waals surface area contributed by atoms with Crippen molar-refractivity contribution in [1.82, 2.24) is 19.4 Å². The lowest BCUT2D eigenvalue weighted by atomic mass is 9.89. The van der Waals surface area contributed by atoms with Gasteiger partial charge in [-0.3, -0.25) is 9.69 Å². The fraction of sp³-hybridized carbons (Fsp3) is 0.765. The zero-order valence-corrected chi connectivity index (χ0v) is 14.9. The third-order valence-corrected chi connectivity index (χ3v) is 5.02. The third kappa shape index (κ3) is 3.96. The van der Waals surface area contributed by atoms with Crippen LogP contribution in [0, 0.1) is 0 Å². The van der Waals surface area contributed by atoms with Gasteiger partial charge in [0.05, 0.1) is 24.9 Å². The summed E-state index contributed by atoms with van der Waals surface area (Å²) in [6.07, 6.45) is 6.88. The third-order valence-electron chi connectivity index (χ3n) is 5.02. The molecule has 0 aromatic carbocycles. The van der Waals surface area contributed by atoms with Gasteiger partial charge in [0.2, 0.25) is 5.91 Å². The molecule has 0 saturated carbocycles. The van der Waals surface area contributed by atoms with Crippen LogP contribution in [0.5, 0.6) is 0 Å². The van der Waals surface area contributed by atoms with E-state index in [0.717, 1.165) is 44.7 Å². The number of likely N-dealkylation sites (tertiary alicyclic amines) is 1. The number of likely N-dealkylation sites (N-methyl/N-ethyl adjacent to an activating group) is 1. The van der Waals surface area contributed by atoms with E-state index in [9.17, 15) is 4.79 Å². The molecule has 1 aromatic rings. The summed E-state index contributed by atoms with van der Waals surface area (Å²) >= 11 is 0. The lowest BCUT2D eigenvalue weighted by molar-refractivity contribution is -0.135. The van der Waals surface area contributed by atoms with Crippen LogP contribution >= 0.6 is 0 Å². The van der Waals surface area contributed by atoms with Crippen LogP contribution < -0.4 is 0 Å². The summed E-state index contributed by atoms with van der Waals surface area (Å²) in [5.41, 5.74) is -0.130. The molecule has 3 rings (SSSR count). The van der Waals surface area contributed by atoms with Gasteiger partial charge in [-0.2, -0.15) is 0 Å². The Morgan fingerprint density at radius 3 is 3.08 bits per heavy atom. The average molecular weight is 336 g/mol. The van der Waals surface area contributed by atoms with Crippen molar-refractivity contribution in [3.8, 4) is 0 Å². The van der Waals surface area contributed by atoms with Crippen LogP contribution in [-0.4, -0.2) is 77.4 Å². The lowest BCUT2D eigenvalue weighted by Gasteiger charge is -2.39. The number of aryl methyl sites for hydroxylation is 1. The van der Waals surface area contributed by atoms with Crippen molar-refractivity contribution in [2.45, 2.75) is 37.5 Å². The first-order valence-electron chi connectivity index (χ1n) is 8.62. The second kappa shape index (κ2) is 7.21. The molecular weight excluding hydrogens is 308 g/mol. The second-order valence-corrected chi connectivity index (χ2v) is 7.19.